The van der Waals surface area contributed by atoms with E-state index in [4.69, 9.17) is 14.2 Å². The third-order valence-corrected chi connectivity index (χ3v) is 4.67. The molecule has 0 atom stereocenters. The Labute approximate surface area is 178 Å². The first-order chi connectivity index (χ1) is 14.0. The highest BCUT2D eigenvalue weighted by molar-refractivity contribution is 9.10. The number of hydrogen-bond acceptors (Lipinski definition) is 5. The van der Waals surface area contributed by atoms with E-state index in [2.05, 4.69) is 26.8 Å². The van der Waals surface area contributed by atoms with Gasteiger partial charge in [-0.25, -0.2) is 0 Å². The number of halogens is 1. The molecule has 0 aromatic heterocycles. The maximum atomic E-state index is 12.2. The summed E-state index contributed by atoms with van der Waals surface area (Å²) in [5, 5.41) is 0. The molecule has 0 spiro atoms. The molecule has 156 valence electrons. The van der Waals surface area contributed by atoms with Gasteiger partial charge in [-0.2, -0.15) is 0 Å². The molecule has 0 unspecified atom stereocenters. The van der Waals surface area contributed by atoms with Crippen LogP contribution in [0.5, 0.6) is 17.2 Å². The van der Waals surface area contributed by atoms with Gasteiger partial charge in [-0.3, -0.25) is 20.4 Å². The molecule has 2 amide bonds. The van der Waals surface area contributed by atoms with E-state index in [0.29, 0.717) is 24.7 Å². The zero-order valence-electron chi connectivity index (χ0n) is 16.7. The van der Waals surface area contributed by atoms with Crippen molar-refractivity contribution in [1.82, 2.24) is 10.9 Å². The van der Waals surface area contributed by atoms with E-state index in [9.17, 15) is 9.59 Å². The van der Waals surface area contributed by atoms with Gasteiger partial charge >= 0.3 is 0 Å². The highest BCUT2D eigenvalue weighted by Crippen LogP contribution is 2.34. The Hall–Kier alpha value is -2.74. The minimum atomic E-state index is -0.347. The van der Waals surface area contributed by atoms with Gasteiger partial charge in [-0.05, 0) is 49.2 Å². The monoisotopic (exact) mass is 464 g/mol. The van der Waals surface area contributed by atoms with E-state index in [1.54, 1.807) is 43.5 Å². The molecule has 2 aromatic carbocycles. The van der Waals surface area contributed by atoms with E-state index in [0.717, 1.165) is 21.3 Å². The summed E-state index contributed by atoms with van der Waals surface area (Å²) < 4.78 is 17.0. The normalized spacial score (nSPS) is 10.2. The van der Waals surface area contributed by atoms with Crippen LogP contribution in [0.3, 0.4) is 0 Å². The SMILES string of the molecule is CCOc1cc(Br)c(CC(=O)NNC(=O)Cc2ccc(OC)cc2)cc1OCC. The van der Waals surface area contributed by atoms with Crippen molar-refractivity contribution in [3.05, 3.63) is 52.0 Å². The Kier molecular flexibility index (Phi) is 8.79. The number of carbonyl (C=O) groups excluding carboxylic acids is 2. The van der Waals surface area contributed by atoms with Crippen LogP contribution >= 0.6 is 15.9 Å². The van der Waals surface area contributed by atoms with Crippen LogP contribution in [0.4, 0.5) is 0 Å². The number of amides is 2. The van der Waals surface area contributed by atoms with Gasteiger partial charge in [0.05, 0.1) is 33.2 Å². The molecule has 0 fully saturated rings. The molecular formula is C21H25BrN2O5. The van der Waals surface area contributed by atoms with Crippen molar-refractivity contribution in [2.24, 2.45) is 0 Å². The standard InChI is InChI=1S/C21H25BrN2O5/c1-4-28-18-11-15(17(22)13-19(18)29-5-2)12-21(26)24-23-20(25)10-14-6-8-16(27-3)9-7-14/h6-9,11,13H,4-5,10,12H2,1-3H3,(H,23,25)(H,24,26). The first kappa shape index (κ1) is 22.5. The quantitative estimate of drug-likeness (QED) is 0.556. The Morgan fingerprint density at radius 3 is 2.00 bits per heavy atom. The van der Waals surface area contributed by atoms with Crippen molar-refractivity contribution >= 4 is 27.7 Å². The molecule has 2 rings (SSSR count). The maximum Gasteiger partial charge on any atom is 0.242 e. The van der Waals surface area contributed by atoms with Crippen molar-refractivity contribution < 1.29 is 23.8 Å². The molecule has 0 aliphatic carbocycles. The fourth-order valence-corrected chi connectivity index (χ4v) is 3.04. The van der Waals surface area contributed by atoms with Gasteiger partial charge in [0.25, 0.3) is 0 Å². The maximum absolute atomic E-state index is 12.2. The van der Waals surface area contributed by atoms with Crippen LogP contribution in [0.2, 0.25) is 0 Å². The average Bonchev–Trinajstić information content (AvgIpc) is 2.70. The summed E-state index contributed by atoms with van der Waals surface area (Å²) >= 11 is 3.45. The fraction of sp³-hybridized carbons (Fsp3) is 0.333. The molecule has 0 saturated heterocycles. The van der Waals surface area contributed by atoms with Gasteiger partial charge in [0.15, 0.2) is 11.5 Å². The van der Waals surface area contributed by atoms with Gasteiger partial charge < -0.3 is 14.2 Å². The number of nitrogens with one attached hydrogen (secondary N) is 2. The third kappa shape index (κ3) is 6.98. The van der Waals surface area contributed by atoms with Crippen molar-refractivity contribution in [3.8, 4) is 17.2 Å². The second kappa shape index (κ2) is 11.3. The number of benzene rings is 2. The first-order valence-corrected chi connectivity index (χ1v) is 10.0. The van der Waals surface area contributed by atoms with Crippen molar-refractivity contribution in [2.75, 3.05) is 20.3 Å². The molecule has 0 aliphatic rings. The summed E-state index contributed by atoms with van der Waals surface area (Å²) in [6.07, 6.45) is 0.210. The largest absolute Gasteiger partial charge is 0.497 e. The summed E-state index contributed by atoms with van der Waals surface area (Å²) in [7, 11) is 1.58. The van der Waals surface area contributed by atoms with Crippen molar-refractivity contribution in [3.63, 3.8) is 0 Å². The Morgan fingerprint density at radius 1 is 0.897 bits per heavy atom. The molecule has 2 N–H and O–H groups in total. The molecule has 0 heterocycles. The number of rotatable bonds is 9. The van der Waals surface area contributed by atoms with E-state index in [1.165, 1.54) is 0 Å². The van der Waals surface area contributed by atoms with Crippen LogP contribution in [-0.4, -0.2) is 32.1 Å². The van der Waals surface area contributed by atoms with Crippen LogP contribution in [0.1, 0.15) is 25.0 Å². The van der Waals surface area contributed by atoms with E-state index in [-0.39, 0.29) is 24.7 Å². The summed E-state index contributed by atoms with van der Waals surface area (Å²) in [5.74, 6) is 1.24. The highest BCUT2D eigenvalue weighted by Gasteiger charge is 2.14. The zero-order chi connectivity index (χ0) is 21.2. The van der Waals surface area contributed by atoms with Crippen LogP contribution in [0.15, 0.2) is 40.9 Å². The summed E-state index contributed by atoms with van der Waals surface area (Å²) in [6, 6.07) is 10.7. The predicted octanol–water partition coefficient (Wildman–Crippen LogP) is 3.19. The van der Waals surface area contributed by atoms with Crippen LogP contribution in [-0.2, 0) is 22.4 Å². The summed E-state index contributed by atoms with van der Waals surface area (Å²) in [5.41, 5.74) is 6.40. The molecule has 0 saturated carbocycles. The summed E-state index contributed by atoms with van der Waals surface area (Å²) in [6.45, 7) is 4.75. The number of methoxy groups -OCH3 is 1. The second-order valence-corrected chi connectivity index (χ2v) is 6.91. The fourth-order valence-electron chi connectivity index (χ4n) is 2.58. The van der Waals surface area contributed by atoms with Crippen LogP contribution < -0.4 is 25.1 Å². The van der Waals surface area contributed by atoms with E-state index >= 15 is 0 Å². The number of hydrogen-bond donors (Lipinski definition) is 2. The molecule has 8 heteroatoms. The topological polar surface area (TPSA) is 85.9 Å². The lowest BCUT2D eigenvalue weighted by Crippen LogP contribution is -2.43. The Morgan fingerprint density at radius 2 is 1.45 bits per heavy atom. The molecule has 0 aliphatic heterocycles. The first-order valence-electron chi connectivity index (χ1n) is 9.25. The van der Waals surface area contributed by atoms with Gasteiger partial charge in [0, 0.05) is 4.47 Å². The van der Waals surface area contributed by atoms with E-state index in [1.807, 2.05) is 13.8 Å². The number of hydrazine groups is 1. The van der Waals surface area contributed by atoms with Gasteiger partial charge in [0.2, 0.25) is 11.8 Å². The summed E-state index contributed by atoms with van der Waals surface area (Å²) in [4.78, 5) is 24.3. The predicted molar refractivity (Wildman–Crippen MR) is 113 cm³/mol. The minimum Gasteiger partial charge on any atom is -0.497 e. The lowest BCUT2D eigenvalue weighted by Gasteiger charge is -2.14. The number of ether oxygens (including phenoxy) is 3. The van der Waals surface area contributed by atoms with Gasteiger partial charge in [0.1, 0.15) is 5.75 Å². The van der Waals surface area contributed by atoms with Crippen molar-refractivity contribution in [1.29, 1.82) is 0 Å². The smallest absolute Gasteiger partial charge is 0.242 e. The van der Waals surface area contributed by atoms with Gasteiger partial charge in [-0.15, -0.1) is 0 Å². The third-order valence-electron chi connectivity index (χ3n) is 3.93. The minimum absolute atomic E-state index is 0.0654. The van der Waals surface area contributed by atoms with E-state index < -0.39 is 0 Å². The molecule has 29 heavy (non-hydrogen) atoms. The number of carbonyl (C=O) groups is 2. The average molecular weight is 465 g/mol. The van der Waals surface area contributed by atoms with Crippen LogP contribution in [0.25, 0.3) is 0 Å². The molecule has 2 aromatic rings. The van der Waals surface area contributed by atoms with Crippen molar-refractivity contribution in [2.45, 2.75) is 26.7 Å². The van der Waals surface area contributed by atoms with Gasteiger partial charge in [-0.1, -0.05) is 28.1 Å². The lowest BCUT2D eigenvalue weighted by atomic mass is 10.1. The Bertz CT molecular complexity index is 840. The molecule has 7 nitrogen and oxygen atoms in total. The Balaban J connectivity index is 1.92. The second-order valence-electron chi connectivity index (χ2n) is 6.05. The zero-order valence-corrected chi connectivity index (χ0v) is 18.3. The lowest BCUT2D eigenvalue weighted by molar-refractivity contribution is -0.128. The highest BCUT2D eigenvalue weighted by atomic mass is 79.9. The molecule has 0 radical (unpaired) electrons. The molecule has 0 bridgehead atoms. The molecular weight excluding hydrogens is 440 g/mol. The van der Waals surface area contributed by atoms with Crippen LogP contribution in [0, 0.1) is 0 Å².